The van der Waals surface area contributed by atoms with Crippen molar-refractivity contribution in [3.63, 3.8) is 0 Å². The van der Waals surface area contributed by atoms with Gasteiger partial charge in [-0.05, 0) is 31.2 Å². The van der Waals surface area contributed by atoms with Crippen LogP contribution in [0.1, 0.15) is 6.92 Å². The number of aliphatic hydroxyl groups is 2. The molecule has 1 aromatic rings. The Labute approximate surface area is 139 Å². The molecule has 0 saturated carbocycles. The largest absolute Gasteiger partial charge is 0.394 e. The first-order valence-electron chi connectivity index (χ1n) is 7.23. The average molecular weight is 342 g/mol. The Morgan fingerprint density at radius 1 is 1.26 bits per heavy atom. The van der Waals surface area contributed by atoms with Crippen LogP contribution in [0, 0.1) is 0 Å². The molecule has 0 atom stereocenters. The summed E-state index contributed by atoms with van der Waals surface area (Å²) in [5.41, 5.74) is -0.381. The first-order valence-corrected chi connectivity index (χ1v) is 7.61. The van der Waals surface area contributed by atoms with Crippen LogP contribution in [0.25, 0.3) is 0 Å². The van der Waals surface area contributed by atoms with Crippen LogP contribution in [0.15, 0.2) is 24.3 Å². The highest BCUT2D eigenvalue weighted by Crippen LogP contribution is 2.22. The fourth-order valence-corrected chi connectivity index (χ4v) is 2.39. The van der Waals surface area contributed by atoms with Crippen LogP contribution >= 0.6 is 11.6 Å². The number of urea groups is 1. The van der Waals surface area contributed by atoms with Gasteiger partial charge in [0, 0.05) is 23.8 Å². The lowest BCUT2D eigenvalue weighted by atomic mass is 10.1. The minimum absolute atomic E-state index is 0.126. The van der Waals surface area contributed by atoms with Gasteiger partial charge in [-0.2, -0.15) is 0 Å². The standard InChI is InChI=1S/C15H20ClN3O4/c1-15(9-20,10-21)17-13(22)8-18-6-7-19(14(18)23)12-4-2-11(16)3-5-12/h2-5,20-21H,6-10H2,1H3,(H,17,22). The van der Waals surface area contributed by atoms with Crippen molar-refractivity contribution >= 4 is 29.2 Å². The van der Waals surface area contributed by atoms with E-state index < -0.39 is 11.4 Å². The lowest BCUT2D eigenvalue weighted by Gasteiger charge is -2.27. The zero-order valence-electron chi connectivity index (χ0n) is 12.8. The van der Waals surface area contributed by atoms with E-state index in [4.69, 9.17) is 11.6 Å². The lowest BCUT2D eigenvalue weighted by molar-refractivity contribution is -0.124. The van der Waals surface area contributed by atoms with E-state index in [-0.39, 0.29) is 25.8 Å². The molecule has 0 spiro atoms. The molecule has 1 aromatic carbocycles. The monoisotopic (exact) mass is 341 g/mol. The van der Waals surface area contributed by atoms with E-state index in [0.717, 1.165) is 5.69 Å². The molecule has 8 heteroatoms. The highest BCUT2D eigenvalue weighted by atomic mass is 35.5. The number of amides is 3. The molecule has 126 valence electrons. The van der Waals surface area contributed by atoms with Crippen LogP contribution in [0.2, 0.25) is 5.02 Å². The molecular formula is C15H20ClN3O4. The maximum absolute atomic E-state index is 12.4. The lowest BCUT2D eigenvalue weighted by Crippen LogP contribution is -2.54. The Hall–Kier alpha value is -1.83. The molecule has 3 N–H and O–H groups in total. The number of anilines is 1. The molecule has 1 heterocycles. The Balaban J connectivity index is 1.97. The van der Waals surface area contributed by atoms with Crippen molar-refractivity contribution in [2.45, 2.75) is 12.5 Å². The van der Waals surface area contributed by atoms with Gasteiger partial charge in [0.15, 0.2) is 0 Å². The van der Waals surface area contributed by atoms with Gasteiger partial charge in [-0.3, -0.25) is 9.69 Å². The fourth-order valence-electron chi connectivity index (χ4n) is 2.27. The van der Waals surface area contributed by atoms with Crippen LogP contribution < -0.4 is 10.2 Å². The number of carbonyl (C=O) groups is 2. The van der Waals surface area contributed by atoms with Gasteiger partial charge in [-0.1, -0.05) is 11.6 Å². The van der Waals surface area contributed by atoms with Crippen molar-refractivity contribution in [2.24, 2.45) is 0 Å². The number of nitrogens with zero attached hydrogens (tertiary/aromatic N) is 2. The molecule has 7 nitrogen and oxygen atoms in total. The maximum Gasteiger partial charge on any atom is 0.325 e. The Bertz CT molecular complexity index is 575. The second kappa shape index (κ2) is 7.16. The first-order chi connectivity index (χ1) is 10.9. The summed E-state index contributed by atoms with van der Waals surface area (Å²) in [6.45, 7) is 1.52. The molecule has 0 unspecified atom stereocenters. The topological polar surface area (TPSA) is 93.1 Å². The second-order valence-electron chi connectivity index (χ2n) is 5.76. The summed E-state index contributed by atoms with van der Waals surface area (Å²) in [5, 5.41) is 21.5. The minimum atomic E-state index is -1.10. The summed E-state index contributed by atoms with van der Waals surface area (Å²) < 4.78 is 0. The molecule has 0 aliphatic carbocycles. The van der Waals surface area contributed by atoms with Gasteiger partial charge in [0.25, 0.3) is 0 Å². The number of halogens is 1. The van der Waals surface area contributed by atoms with Crippen LogP contribution in [0.4, 0.5) is 10.5 Å². The van der Waals surface area contributed by atoms with Crippen molar-refractivity contribution < 1.29 is 19.8 Å². The van der Waals surface area contributed by atoms with E-state index in [2.05, 4.69) is 5.32 Å². The van der Waals surface area contributed by atoms with Gasteiger partial charge < -0.3 is 20.4 Å². The van der Waals surface area contributed by atoms with Gasteiger partial charge in [-0.15, -0.1) is 0 Å². The van der Waals surface area contributed by atoms with Gasteiger partial charge in [0.2, 0.25) is 5.91 Å². The average Bonchev–Trinajstić information content (AvgIpc) is 2.89. The first kappa shape index (κ1) is 17.5. The van der Waals surface area contributed by atoms with E-state index in [1.165, 1.54) is 11.8 Å². The van der Waals surface area contributed by atoms with Crippen LogP contribution in [-0.4, -0.2) is 65.4 Å². The predicted molar refractivity (Wildman–Crippen MR) is 86.5 cm³/mol. The third-order valence-electron chi connectivity index (χ3n) is 3.71. The van der Waals surface area contributed by atoms with Gasteiger partial charge in [-0.25, -0.2) is 4.79 Å². The van der Waals surface area contributed by atoms with Crippen molar-refractivity contribution in [3.8, 4) is 0 Å². The molecule has 1 aliphatic heterocycles. The SMILES string of the molecule is CC(CO)(CO)NC(=O)CN1CCN(c2ccc(Cl)cc2)C1=O. The van der Waals surface area contributed by atoms with Crippen molar-refractivity contribution in [1.82, 2.24) is 10.2 Å². The number of hydrogen-bond donors (Lipinski definition) is 3. The number of aliphatic hydroxyl groups excluding tert-OH is 2. The van der Waals surface area contributed by atoms with E-state index in [1.807, 2.05) is 0 Å². The molecule has 1 fully saturated rings. The third-order valence-corrected chi connectivity index (χ3v) is 3.96. The number of rotatable bonds is 6. The molecule has 2 rings (SSSR count). The van der Waals surface area contributed by atoms with Gasteiger partial charge >= 0.3 is 6.03 Å². The van der Waals surface area contributed by atoms with Gasteiger partial charge in [0.05, 0.1) is 18.8 Å². The molecule has 3 amide bonds. The van der Waals surface area contributed by atoms with Crippen LogP contribution in [-0.2, 0) is 4.79 Å². The highest BCUT2D eigenvalue weighted by molar-refractivity contribution is 6.30. The summed E-state index contributed by atoms with van der Waals surface area (Å²) in [6, 6.07) is 6.63. The summed E-state index contributed by atoms with van der Waals surface area (Å²) in [4.78, 5) is 27.4. The van der Waals surface area contributed by atoms with E-state index in [9.17, 15) is 19.8 Å². The van der Waals surface area contributed by atoms with E-state index >= 15 is 0 Å². The zero-order chi connectivity index (χ0) is 17.0. The van der Waals surface area contributed by atoms with Gasteiger partial charge in [0.1, 0.15) is 6.54 Å². The Morgan fingerprint density at radius 3 is 2.43 bits per heavy atom. The van der Waals surface area contributed by atoms with E-state index in [0.29, 0.717) is 18.1 Å². The third kappa shape index (κ3) is 4.13. The highest BCUT2D eigenvalue weighted by Gasteiger charge is 2.32. The summed E-state index contributed by atoms with van der Waals surface area (Å²) in [7, 11) is 0. The van der Waals surface area contributed by atoms with Crippen LogP contribution in [0.3, 0.4) is 0 Å². The Kier molecular flexibility index (Phi) is 5.46. The molecule has 0 bridgehead atoms. The Morgan fingerprint density at radius 2 is 1.87 bits per heavy atom. The fraction of sp³-hybridized carbons (Fsp3) is 0.467. The van der Waals surface area contributed by atoms with Crippen LogP contribution in [0.5, 0.6) is 0 Å². The molecule has 0 radical (unpaired) electrons. The molecule has 23 heavy (non-hydrogen) atoms. The number of hydrogen-bond acceptors (Lipinski definition) is 4. The number of carbonyl (C=O) groups excluding carboxylic acids is 2. The van der Waals surface area contributed by atoms with Crippen molar-refractivity contribution in [2.75, 3.05) is 37.7 Å². The predicted octanol–water partition coefficient (Wildman–Crippen LogP) is 0.442. The van der Waals surface area contributed by atoms with E-state index in [1.54, 1.807) is 29.2 Å². The summed E-state index contributed by atoms with van der Waals surface area (Å²) >= 11 is 5.83. The molecule has 1 saturated heterocycles. The summed E-state index contributed by atoms with van der Waals surface area (Å²) in [6.07, 6.45) is 0. The number of nitrogens with one attached hydrogen (secondary N) is 1. The quantitative estimate of drug-likeness (QED) is 0.700. The smallest absolute Gasteiger partial charge is 0.325 e. The zero-order valence-corrected chi connectivity index (χ0v) is 13.6. The minimum Gasteiger partial charge on any atom is -0.394 e. The number of benzene rings is 1. The maximum atomic E-state index is 12.4. The summed E-state index contributed by atoms with van der Waals surface area (Å²) in [5.74, 6) is -0.429. The molecule has 1 aliphatic rings. The second-order valence-corrected chi connectivity index (χ2v) is 6.19. The van der Waals surface area contributed by atoms with Crippen molar-refractivity contribution in [3.05, 3.63) is 29.3 Å². The normalized spacial score (nSPS) is 15.2. The van der Waals surface area contributed by atoms with Crippen molar-refractivity contribution in [1.29, 1.82) is 0 Å². The molecular weight excluding hydrogens is 322 g/mol. The molecule has 0 aromatic heterocycles.